The number of carbonyl (C=O) groups is 1. The predicted octanol–water partition coefficient (Wildman–Crippen LogP) is 2.97. The first-order chi connectivity index (χ1) is 16.8. The Balaban J connectivity index is 1.36. The van der Waals surface area contributed by atoms with Gasteiger partial charge in [0.05, 0.1) is 29.3 Å². The Morgan fingerprint density at radius 1 is 1.09 bits per heavy atom. The first-order valence-electron chi connectivity index (χ1n) is 11.2. The Bertz CT molecular complexity index is 1350. The number of aryl methyl sites for hydroxylation is 1. The third-order valence-corrected chi connectivity index (χ3v) is 7.24. The van der Waals surface area contributed by atoms with Crippen molar-refractivity contribution >= 4 is 21.7 Å². The molecule has 1 fully saturated rings. The maximum absolute atomic E-state index is 12.6. The second-order valence-electron chi connectivity index (χ2n) is 8.47. The summed E-state index contributed by atoms with van der Waals surface area (Å²) in [5.41, 5.74) is 2.16. The summed E-state index contributed by atoms with van der Waals surface area (Å²) in [4.78, 5) is 21.1. The molecule has 9 nitrogen and oxygen atoms in total. The highest BCUT2D eigenvalue weighted by Crippen LogP contribution is 2.21. The van der Waals surface area contributed by atoms with Crippen LogP contribution in [0, 0.1) is 18.3 Å². The lowest BCUT2D eigenvalue weighted by Crippen LogP contribution is -2.49. The molecule has 1 aliphatic heterocycles. The lowest BCUT2D eigenvalue weighted by atomic mass is 10.1. The summed E-state index contributed by atoms with van der Waals surface area (Å²) in [6.07, 6.45) is 2.52. The molecule has 0 saturated carbocycles. The van der Waals surface area contributed by atoms with Gasteiger partial charge < -0.3 is 19.1 Å². The van der Waals surface area contributed by atoms with Gasteiger partial charge in [0.25, 0.3) is 0 Å². The summed E-state index contributed by atoms with van der Waals surface area (Å²) in [6.45, 7) is 4.69. The zero-order valence-electron chi connectivity index (χ0n) is 19.7. The third-order valence-electron chi connectivity index (χ3n) is 6.04. The molecule has 4 rings (SSSR count). The van der Waals surface area contributed by atoms with Crippen molar-refractivity contribution < 1.29 is 17.9 Å². The highest BCUT2D eigenvalue weighted by molar-refractivity contribution is 7.90. The van der Waals surface area contributed by atoms with E-state index in [4.69, 9.17) is 10.00 Å². The standard InChI is InChI=1S/C25H27N5O4S/c1-19-27-16-24(30(19)17-21-9-7-20(15-26)8-10-21)28-11-13-29(14-12-28)25(31)34-18-22-5-3-4-6-23(22)35(2,32)33/h3-10,16H,11-14,17-18H2,1-2H3. The number of nitrogens with zero attached hydrogens (tertiary/aromatic N) is 5. The number of piperazine rings is 1. The number of benzene rings is 2. The van der Waals surface area contributed by atoms with Crippen molar-refractivity contribution in [3.05, 3.63) is 77.2 Å². The van der Waals surface area contributed by atoms with Crippen molar-refractivity contribution in [3.8, 4) is 6.07 Å². The highest BCUT2D eigenvalue weighted by atomic mass is 32.2. The van der Waals surface area contributed by atoms with Crippen LogP contribution in [-0.2, 0) is 27.7 Å². The van der Waals surface area contributed by atoms with Crippen LogP contribution in [0.2, 0.25) is 0 Å². The Morgan fingerprint density at radius 3 is 2.43 bits per heavy atom. The fourth-order valence-electron chi connectivity index (χ4n) is 4.11. The molecular formula is C25H27N5O4S. The van der Waals surface area contributed by atoms with E-state index in [1.54, 1.807) is 35.2 Å². The van der Waals surface area contributed by atoms with Gasteiger partial charge in [0.2, 0.25) is 0 Å². The summed E-state index contributed by atoms with van der Waals surface area (Å²) >= 11 is 0. The molecule has 2 heterocycles. The van der Waals surface area contributed by atoms with Gasteiger partial charge in [-0.15, -0.1) is 0 Å². The minimum absolute atomic E-state index is 0.0984. The van der Waals surface area contributed by atoms with Gasteiger partial charge in [-0.2, -0.15) is 5.26 Å². The van der Waals surface area contributed by atoms with E-state index in [-0.39, 0.29) is 11.5 Å². The Morgan fingerprint density at radius 2 is 1.77 bits per heavy atom. The maximum Gasteiger partial charge on any atom is 0.410 e. The van der Waals surface area contributed by atoms with Gasteiger partial charge in [0, 0.05) is 38.0 Å². The smallest absolute Gasteiger partial charge is 0.410 e. The van der Waals surface area contributed by atoms with Crippen LogP contribution in [0.4, 0.5) is 10.6 Å². The first-order valence-corrected chi connectivity index (χ1v) is 13.1. The van der Waals surface area contributed by atoms with Crippen LogP contribution >= 0.6 is 0 Å². The normalized spacial score (nSPS) is 14.0. The van der Waals surface area contributed by atoms with E-state index < -0.39 is 15.9 Å². The second kappa shape index (κ2) is 10.2. The molecule has 1 aliphatic rings. The molecular weight excluding hydrogens is 466 g/mol. The maximum atomic E-state index is 12.6. The predicted molar refractivity (Wildman–Crippen MR) is 131 cm³/mol. The summed E-state index contributed by atoms with van der Waals surface area (Å²) < 4.78 is 31.5. The summed E-state index contributed by atoms with van der Waals surface area (Å²) in [7, 11) is -3.41. The van der Waals surface area contributed by atoms with E-state index in [0.717, 1.165) is 23.5 Å². The zero-order chi connectivity index (χ0) is 25.0. The molecule has 0 unspecified atom stereocenters. The quantitative estimate of drug-likeness (QED) is 0.519. The van der Waals surface area contributed by atoms with Crippen molar-refractivity contribution in [2.24, 2.45) is 0 Å². The number of hydrogen-bond donors (Lipinski definition) is 0. The summed E-state index contributed by atoms with van der Waals surface area (Å²) in [5, 5.41) is 9.01. The minimum Gasteiger partial charge on any atom is -0.444 e. The molecule has 0 bridgehead atoms. The number of imidazole rings is 1. The molecule has 182 valence electrons. The van der Waals surface area contributed by atoms with E-state index in [1.807, 2.05) is 25.3 Å². The molecule has 1 saturated heterocycles. The van der Waals surface area contributed by atoms with Crippen molar-refractivity contribution in [2.45, 2.75) is 25.0 Å². The van der Waals surface area contributed by atoms with Gasteiger partial charge in [-0.25, -0.2) is 18.2 Å². The van der Waals surface area contributed by atoms with Crippen LogP contribution in [0.5, 0.6) is 0 Å². The van der Waals surface area contributed by atoms with Gasteiger partial charge in [0.1, 0.15) is 18.2 Å². The highest BCUT2D eigenvalue weighted by Gasteiger charge is 2.25. The fraction of sp³-hybridized carbons (Fsp3) is 0.320. The largest absolute Gasteiger partial charge is 0.444 e. The monoisotopic (exact) mass is 493 g/mol. The summed E-state index contributed by atoms with van der Waals surface area (Å²) in [5.74, 6) is 1.86. The van der Waals surface area contributed by atoms with Crippen molar-refractivity contribution in [1.82, 2.24) is 14.5 Å². The lowest BCUT2D eigenvalue weighted by Gasteiger charge is -2.35. The van der Waals surface area contributed by atoms with Crippen LogP contribution in [0.3, 0.4) is 0 Å². The van der Waals surface area contributed by atoms with Crippen molar-refractivity contribution in [1.29, 1.82) is 5.26 Å². The number of anilines is 1. The van der Waals surface area contributed by atoms with Crippen molar-refractivity contribution in [2.75, 3.05) is 37.3 Å². The summed E-state index contributed by atoms with van der Waals surface area (Å²) in [6, 6.07) is 16.2. The molecule has 2 aromatic carbocycles. The van der Waals surface area contributed by atoms with Crippen molar-refractivity contribution in [3.63, 3.8) is 0 Å². The van der Waals surface area contributed by atoms with Gasteiger partial charge in [-0.1, -0.05) is 30.3 Å². The zero-order valence-corrected chi connectivity index (χ0v) is 20.5. The van der Waals surface area contributed by atoms with Crippen LogP contribution in [0.15, 0.2) is 59.6 Å². The first kappa shape index (κ1) is 24.3. The van der Waals surface area contributed by atoms with Crippen LogP contribution in [0.1, 0.15) is 22.5 Å². The van der Waals surface area contributed by atoms with Crippen LogP contribution < -0.4 is 4.90 Å². The fourth-order valence-corrected chi connectivity index (χ4v) is 5.03. The average Bonchev–Trinajstić information content (AvgIpc) is 3.22. The Kier molecular flexibility index (Phi) is 7.07. The lowest BCUT2D eigenvalue weighted by molar-refractivity contribution is 0.0934. The third kappa shape index (κ3) is 5.63. The van der Waals surface area contributed by atoms with E-state index >= 15 is 0 Å². The molecule has 0 N–H and O–H groups in total. The number of rotatable bonds is 6. The molecule has 10 heteroatoms. The number of nitriles is 1. The van der Waals surface area contributed by atoms with Gasteiger partial charge in [-0.05, 0) is 30.7 Å². The van der Waals surface area contributed by atoms with E-state index in [1.165, 1.54) is 6.07 Å². The number of ether oxygens (including phenoxy) is 1. The molecule has 0 radical (unpaired) electrons. The van der Waals surface area contributed by atoms with Crippen LogP contribution in [-0.4, -0.2) is 61.4 Å². The van der Waals surface area contributed by atoms with E-state index in [9.17, 15) is 13.2 Å². The SMILES string of the molecule is Cc1ncc(N2CCN(C(=O)OCc3ccccc3S(C)(=O)=O)CC2)n1Cc1ccc(C#N)cc1. The van der Waals surface area contributed by atoms with Crippen LogP contribution in [0.25, 0.3) is 0 Å². The molecule has 3 aromatic rings. The number of carbonyl (C=O) groups excluding carboxylic acids is 1. The molecule has 1 amide bonds. The van der Waals surface area contributed by atoms with E-state index in [0.29, 0.717) is 43.9 Å². The number of amides is 1. The van der Waals surface area contributed by atoms with E-state index in [2.05, 4.69) is 20.5 Å². The topological polar surface area (TPSA) is 109 Å². The minimum atomic E-state index is -3.41. The second-order valence-corrected chi connectivity index (χ2v) is 10.5. The number of sulfone groups is 1. The molecule has 1 aromatic heterocycles. The molecule has 35 heavy (non-hydrogen) atoms. The number of hydrogen-bond acceptors (Lipinski definition) is 7. The van der Waals surface area contributed by atoms with Gasteiger partial charge >= 0.3 is 6.09 Å². The molecule has 0 aliphatic carbocycles. The van der Waals surface area contributed by atoms with Gasteiger partial charge in [-0.3, -0.25) is 0 Å². The Hall–Kier alpha value is -3.84. The molecule has 0 spiro atoms. The Labute approximate surface area is 205 Å². The number of aromatic nitrogens is 2. The van der Waals surface area contributed by atoms with Gasteiger partial charge in [0.15, 0.2) is 9.84 Å². The molecule has 0 atom stereocenters. The average molecular weight is 494 g/mol.